The molecule has 2 atom stereocenters. The molecule has 3 heteroatoms. The summed E-state index contributed by atoms with van der Waals surface area (Å²) in [5.41, 5.74) is 5.17. The second-order valence-electron chi connectivity index (χ2n) is 6.49. The van der Waals surface area contributed by atoms with Crippen LogP contribution in [0.2, 0.25) is 0 Å². The predicted octanol–water partition coefficient (Wildman–Crippen LogP) is 4.52. The lowest BCUT2D eigenvalue weighted by Gasteiger charge is -2.28. The number of benzene rings is 2. The lowest BCUT2D eigenvalue weighted by molar-refractivity contribution is -0.117. The quantitative estimate of drug-likeness (QED) is 0.814. The van der Waals surface area contributed by atoms with Gasteiger partial charge in [-0.05, 0) is 30.0 Å². The Kier molecular flexibility index (Phi) is 3.41. The van der Waals surface area contributed by atoms with E-state index in [0.29, 0.717) is 12.3 Å². The Labute approximate surface area is 136 Å². The van der Waals surface area contributed by atoms with Crippen molar-refractivity contribution in [1.82, 2.24) is 0 Å². The number of nitrogens with one attached hydrogen (secondary N) is 2. The smallest absolute Gasteiger partial charge is 0.163 e. The maximum Gasteiger partial charge on any atom is 0.163 e. The largest absolute Gasteiger partial charge is 0.372 e. The van der Waals surface area contributed by atoms with Crippen molar-refractivity contribution in [2.24, 2.45) is 5.92 Å². The summed E-state index contributed by atoms with van der Waals surface area (Å²) in [6.45, 7) is 2.14. The number of hydrogen-bond acceptors (Lipinski definition) is 3. The third-order valence-corrected chi connectivity index (χ3v) is 4.65. The molecule has 4 rings (SSSR count). The Balaban J connectivity index is 1.88. The molecule has 116 valence electrons. The zero-order valence-electron chi connectivity index (χ0n) is 13.2. The molecule has 23 heavy (non-hydrogen) atoms. The fourth-order valence-corrected chi connectivity index (χ4v) is 3.58. The molecular formula is C20H20N2O. The maximum atomic E-state index is 12.8. The number of fused-ring (bicyclic) bond motifs is 1. The molecule has 2 aromatic carbocycles. The molecular weight excluding hydrogens is 284 g/mol. The predicted molar refractivity (Wildman–Crippen MR) is 93.3 cm³/mol. The van der Waals surface area contributed by atoms with E-state index in [1.807, 2.05) is 30.3 Å². The van der Waals surface area contributed by atoms with Gasteiger partial charge >= 0.3 is 0 Å². The number of para-hydroxylation sites is 2. The van der Waals surface area contributed by atoms with E-state index < -0.39 is 0 Å². The number of anilines is 2. The lowest BCUT2D eigenvalue weighted by Crippen LogP contribution is -2.26. The van der Waals surface area contributed by atoms with Crippen LogP contribution in [0, 0.1) is 5.92 Å². The van der Waals surface area contributed by atoms with Crippen LogP contribution >= 0.6 is 0 Å². The summed E-state index contributed by atoms with van der Waals surface area (Å²) in [6.07, 6.45) is 1.54. The van der Waals surface area contributed by atoms with Gasteiger partial charge in [-0.2, -0.15) is 0 Å². The van der Waals surface area contributed by atoms with Gasteiger partial charge in [-0.15, -0.1) is 0 Å². The number of carbonyl (C=O) groups is 1. The van der Waals surface area contributed by atoms with Crippen molar-refractivity contribution in [3.05, 3.63) is 71.4 Å². The van der Waals surface area contributed by atoms with Crippen LogP contribution < -0.4 is 10.6 Å². The van der Waals surface area contributed by atoms with Crippen LogP contribution in [0.4, 0.5) is 11.4 Å². The zero-order valence-corrected chi connectivity index (χ0v) is 13.2. The molecule has 1 aliphatic heterocycles. The van der Waals surface area contributed by atoms with Gasteiger partial charge in [0.15, 0.2) is 5.78 Å². The highest BCUT2D eigenvalue weighted by molar-refractivity contribution is 6.00. The summed E-state index contributed by atoms with van der Waals surface area (Å²) in [7, 11) is 0. The highest BCUT2D eigenvalue weighted by Gasteiger charge is 2.33. The molecule has 0 bridgehead atoms. The Hall–Kier alpha value is -2.55. The minimum Gasteiger partial charge on any atom is -0.372 e. The van der Waals surface area contributed by atoms with Crippen LogP contribution in [0.25, 0.3) is 0 Å². The molecule has 0 amide bonds. The van der Waals surface area contributed by atoms with E-state index in [-0.39, 0.29) is 11.8 Å². The van der Waals surface area contributed by atoms with Crippen LogP contribution in [0.1, 0.15) is 31.4 Å². The minimum atomic E-state index is -0.0950. The van der Waals surface area contributed by atoms with Crippen molar-refractivity contribution in [1.29, 1.82) is 0 Å². The number of carbonyl (C=O) groups excluding carboxylic acids is 1. The summed E-state index contributed by atoms with van der Waals surface area (Å²) >= 11 is 0. The molecule has 0 spiro atoms. The van der Waals surface area contributed by atoms with E-state index >= 15 is 0 Å². The minimum absolute atomic E-state index is 0.0950. The van der Waals surface area contributed by atoms with Gasteiger partial charge in [-0.25, -0.2) is 0 Å². The first-order chi connectivity index (χ1) is 11.2. The van der Waals surface area contributed by atoms with E-state index in [1.54, 1.807) is 0 Å². The molecule has 2 N–H and O–H groups in total. The van der Waals surface area contributed by atoms with Crippen molar-refractivity contribution >= 4 is 17.2 Å². The van der Waals surface area contributed by atoms with Crippen LogP contribution in [0.5, 0.6) is 0 Å². The number of ketones is 1. The Morgan fingerprint density at radius 2 is 1.61 bits per heavy atom. The number of hydrogen-bond donors (Lipinski definition) is 2. The first-order valence-corrected chi connectivity index (χ1v) is 8.16. The van der Waals surface area contributed by atoms with Gasteiger partial charge < -0.3 is 10.6 Å². The number of allylic oxidation sites excluding steroid dienone is 1. The second kappa shape index (κ2) is 5.58. The van der Waals surface area contributed by atoms with Gasteiger partial charge in [0.25, 0.3) is 0 Å². The van der Waals surface area contributed by atoms with Crippen molar-refractivity contribution in [3.63, 3.8) is 0 Å². The zero-order chi connectivity index (χ0) is 15.8. The average Bonchev–Trinajstić information content (AvgIpc) is 2.72. The van der Waals surface area contributed by atoms with Gasteiger partial charge in [0, 0.05) is 17.7 Å². The highest BCUT2D eigenvalue weighted by Crippen LogP contribution is 2.41. The van der Waals surface area contributed by atoms with Gasteiger partial charge in [0.2, 0.25) is 0 Å². The van der Waals surface area contributed by atoms with Crippen molar-refractivity contribution in [3.8, 4) is 0 Å². The van der Waals surface area contributed by atoms with E-state index in [2.05, 4.69) is 41.8 Å². The molecule has 0 saturated heterocycles. The van der Waals surface area contributed by atoms with Crippen LogP contribution in [-0.2, 0) is 4.79 Å². The fraction of sp³-hybridized carbons (Fsp3) is 0.250. The molecule has 0 unspecified atom stereocenters. The van der Waals surface area contributed by atoms with Crippen LogP contribution in [-0.4, -0.2) is 5.78 Å². The highest BCUT2D eigenvalue weighted by atomic mass is 16.1. The topological polar surface area (TPSA) is 41.1 Å². The molecule has 0 aromatic heterocycles. The van der Waals surface area contributed by atoms with Crippen molar-refractivity contribution < 1.29 is 4.79 Å². The summed E-state index contributed by atoms with van der Waals surface area (Å²) in [5, 5.41) is 7.10. The molecule has 2 aromatic rings. The summed E-state index contributed by atoms with van der Waals surface area (Å²) in [5.74, 6) is 0.635. The molecule has 1 heterocycles. The van der Waals surface area contributed by atoms with Crippen LogP contribution in [0.3, 0.4) is 0 Å². The third kappa shape index (κ3) is 2.52. The van der Waals surface area contributed by atoms with E-state index in [1.165, 1.54) is 0 Å². The fourth-order valence-electron chi connectivity index (χ4n) is 3.58. The number of rotatable bonds is 1. The molecule has 1 aliphatic carbocycles. The van der Waals surface area contributed by atoms with E-state index in [0.717, 1.165) is 34.6 Å². The molecule has 0 fully saturated rings. The Morgan fingerprint density at radius 3 is 2.39 bits per heavy atom. The molecule has 2 aliphatic rings. The molecule has 3 nitrogen and oxygen atoms in total. The Bertz CT molecular complexity index is 779. The first-order valence-electron chi connectivity index (χ1n) is 8.16. The standard InChI is InChI=1S/C20H20N2O/c1-13-11-17-19(18(23)12-13)20(14-7-3-2-4-8-14)22-16-10-6-5-9-15(16)21-17/h2-10,13,20-22H,11-12H2,1H3/t13-,20+/m1/s1. The monoisotopic (exact) mass is 304 g/mol. The van der Waals surface area contributed by atoms with Gasteiger partial charge in [-0.1, -0.05) is 49.4 Å². The van der Waals surface area contributed by atoms with Gasteiger partial charge in [0.05, 0.1) is 17.4 Å². The SMILES string of the molecule is C[C@H]1CC(=O)C2=C(C1)Nc1ccccc1N[C@H]2c1ccccc1. The summed E-state index contributed by atoms with van der Waals surface area (Å²) in [4.78, 5) is 12.8. The summed E-state index contributed by atoms with van der Waals surface area (Å²) < 4.78 is 0. The van der Waals surface area contributed by atoms with Crippen molar-refractivity contribution in [2.75, 3.05) is 10.6 Å². The van der Waals surface area contributed by atoms with Crippen LogP contribution in [0.15, 0.2) is 65.9 Å². The Morgan fingerprint density at radius 1 is 0.913 bits per heavy atom. The first kappa shape index (κ1) is 14.1. The van der Waals surface area contributed by atoms with Gasteiger partial charge in [-0.3, -0.25) is 4.79 Å². The lowest BCUT2D eigenvalue weighted by atomic mass is 9.82. The molecule has 0 radical (unpaired) electrons. The van der Waals surface area contributed by atoms with Gasteiger partial charge in [0.1, 0.15) is 0 Å². The normalized spacial score (nSPS) is 23.3. The van der Waals surface area contributed by atoms with Crippen molar-refractivity contribution in [2.45, 2.75) is 25.8 Å². The third-order valence-electron chi connectivity index (χ3n) is 4.65. The molecule has 0 saturated carbocycles. The second-order valence-corrected chi connectivity index (χ2v) is 6.49. The maximum absolute atomic E-state index is 12.8. The average molecular weight is 304 g/mol. The number of Topliss-reactive ketones (excluding diaryl/α,β-unsaturated/α-hetero) is 1. The van der Waals surface area contributed by atoms with E-state index in [9.17, 15) is 4.79 Å². The van der Waals surface area contributed by atoms with E-state index in [4.69, 9.17) is 0 Å². The summed E-state index contributed by atoms with van der Waals surface area (Å²) in [6, 6.07) is 18.3.